The molecule has 2 atom stereocenters. The van der Waals surface area contributed by atoms with Crippen LogP contribution in [0.15, 0.2) is 47.8 Å². The Balaban J connectivity index is 1.80. The van der Waals surface area contributed by atoms with E-state index < -0.39 is 11.8 Å². The van der Waals surface area contributed by atoms with Crippen molar-refractivity contribution in [3.63, 3.8) is 0 Å². The minimum atomic E-state index is -0.578. The molecule has 0 spiro atoms. The highest BCUT2D eigenvalue weighted by Gasteiger charge is 2.44. The molecular weight excluding hydrogens is 343 g/mol. The van der Waals surface area contributed by atoms with Gasteiger partial charge in [0.1, 0.15) is 5.82 Å². The smallest absolute Gasteiger partial charge is 0.232 e. The zero-order valence-electron chi connectivity index (χ0n) is 15.5. The Bertz CT molecular complexity index is 823. The molecule has 1 saturated heterocycles. The summed E-state index contributed by atoms with van der Waals surface area (Å²) in [4.78, 5) is 28.1. The number of carbonyl (C=O) groups is 2. The van der Waals surface area contributed by atoms with Gasteiger partial charge in [-0.3, -0.25) is 9.59 Å². The molecule has 2 heterocycles. The molecule has 2 unspecified atom stereocenters. The Hall–Kier alpha value is -2.43. The molecule has 1 aliphatic carbocycles. The monoisotopic (exact) mass is 368 g/mol. The zero-order valence-corrected chi connectivity index (χ0v) is 15.5. The van der Waals surface area contributed by atoms with Crippen LogP contribution in [0, 0.1) is 11.7 Å². The summed E-state index contributed by atoms with van der Waals surface area (Å²) in [6.07, 6.45) is 5.15. The number of ketones is 1. The van der Waals surface area contributed by atoms with E-state index in [1.165, 1.54) is 12.1 Å². The third-order valence-corrected chi connectivity index (χ3v) is 5.93. The standard InChI is InChI=1S/C22H25FN2O2/c1-14-19(22(27)25-11-3-2-4-12-25)20(15-7-5-8-16(23)13-15)21-17(24-14)9-6-10-18(21)26/h5,7-8,13,19-20,24H,1-4,6,9-12H2. The molecule has 5 heteroatoms. The van der Waals surface area contributed by atoms with E-state index in [1.807, 2.05) is 11.0 Å². The predicted molar refractivity (Wildman–Crippen MR) is 101 cm³/mol. The van der Waals surface area contributed by atoms with Crippen LogP contribution in [-0.4, -0.2) is 29.7 Å². The number of piperidine rings is 1. The molecule has 0 radical (unpaired) electrons. The summed E-state index contributed by atoms with van der Waals surface area (Å²) >= 11 is 0. The molecule has 4 rings (SSSR count). The number of likely N-dealkylation sites (tertiary alicyclic amines) is 1. The maximum absolute atomic E-state index is 14.0. The van der Waals surface area contributed by atoms with Crippen molar-refractivity contribution in [2.24, 2.45) is 5.92 Å². The molecule has 27 heavy (non-hydrogen) atoms. The minimum absolute atomic E-state index is 0.00798. The topological polar surface area (TPSA) is 49.4 Å². The minimum Gasteiger partial charge on any atom is -0.362 e. The van der Waals surface area contributed by atoms with Crippen molar-refractivity contribution in [1.82, 2.24) is 10.2 Å². The van der Waals surface area contributed by atoms with Crippen LogP contribution in [0.1, 0.15) is 50.0 Å². The van der Waals surface area contributed by atoms with E-state index in [9.17, 15) is 14.0 Å². The molecule has 1 aromatic rings. The number of amides is 1. The highest BCUT2D eigenvalue weighted by Crippen LogP contribution is 2.44. The second-order valence-corrected chi connectivity index (χ2v) is 7.72. The van der Waals surface area contributed by atoms with Gasteiger partial charge in [-0.1, -0.05) is 18.7 Å². The molecule has 4 nitrogen and oxygen atoms in total. The molecule has 1 aromatic carbocycles. The number of hydrogen-bond donors (Lipinski definition) is 1. The lowest BCUT2D eigenvalue weighted by Gasteiger charge is -2.41. The first-order valence-corrected chi connectivity index (χ1v) is 9.82. The number of nitrogens with one attached hydrogen (secondary N) is 1. The third-order valence-electron chi connectivity index (χ3n) is 5.93. The van der Waals surface area contributed by atoms with E-state index in [4.69, 9.17) is 0 Å². The van der Waals surface area contributed by atoms with Gasteiger partial charge in [-0.2, -0.15) is 0 Å². The molecule has 0 saturated carbocycles. The summed E-state index contributed by atoms with van der Waals surface area (Å²) in [6.45, 7) is 5.60. The van der Waals surface area contributed by atoms with Crippen LogP contribution >= 0.6 is 0 Å². The molecule has 3 aliphatic rings. The number of halogens is 1. The van der Waals surface area contributed by atoms with E-state index in [0.717, 1.165) is 50.9 Å². The van der Waals surface area contributed by atoms with Gasteiger partial charge in [0.2, 0.25) is 5.91 Å². The van der Waals surface area contributed by atoms with Gasteiger partial charge < -0.3 is 10.2 Å². The maximum Gasteiger partial charge on any atom is 0.232 e. The molecule has 2 aliphatic heterocycles. The number of nitrogens with zero attached hydrogens (tertiary/aromatic N) is 1. The summed E-state index contributed by atoms with van der Waals surface area (Å²) < 4.78 is 14.0. The van der Waals surface area contributed by atoms with Gasteiger partial charge in [0, 0.05) is 42.4 Å². The van der Waals surface area contributed by atoms with Gasteiger partial charge in [0.15, 0.2) is 5.78 Å². The normalized spacial score (nSPS) is 25.9. The molecule has 1 fully saturated rings. The second-order valence-electron chi connectivity index (χ2n) is 7.72. The average molecular weight is 368 g/mol. The molecule has 1 N–H and O–H groups in total. The summed E-state index contributed by atoms with van der Waals surface area (Å²) in [5.74, 6) is -1.35. The first-order valence-electron chi connectivity index (χ1n) is 9.82. The number of benzene rings is 1. The van der Waals surface area contributed by atoms with Gasteiger partial charge in [-0.05, 0) is 49.8 Å². The van der Waals surface area contributed by atoms with Gasteiger partial charge in [-0.25, -0.2) is 4.39 Å². The Kier molecular flexibility index (Phi) is 4.85. The first-order chi connectivity index (χ1) is 13.1. The molecule has 142 valence electrons. The largest absolute Gasteiger partial charge is 0.362 e. The number of carbonyl (C=O) groups excluding carboxylic acids is 2. The highest BCUT2D eigenvalue weighted by atomic mass is 19.1. The molecular formula is C22H25FN2O2. The lowest BCUT2D eigenvalue weighted by molar-refractivity contribution is -0.136. The summed E-state index contributed by atoms with van der Waals surface area (Å²) in [7, 11) is 0. The van der Waals surface area contributed by atoms with Gasteiger partial charge >= 0.3 is 0 Å². The van der Waals surface area contributed by atoms with E-state index >= 15 is 0 Å². The predicted octanol–water partition coefficient (Wildman–Crippen LogP) is 3.66. The maximum atomic E-state index is 14.0. The fourth-order valence-electron chi connectivity index (χ4n) is 4.66. The number of allylic oxidation sites excluding steroid dienone is 2. The van der Waals surface area contributed by atoms with Crippen LogP contribution in [0.5, 0.6) is 0 Å². The number of rotatable bonds is 2. The fraction of sp³-hybridized carbons (Fsp3) is 0.455. The summed E-state index contributed by atoms with van der Waals surface area (Å²) in [5, 5.41) is 3.26. The van der Waals surface area contributed by atoms with Crippen LogP contribution < -0.4 is 5.32 Å². The molecule has 0 bridgehead atoms. The van der Waals surface area contributed by atoms with Crippen molar-refractivity contribution in [2.45, 2.75) is 44.4 Å². The van der Waals surface area contributed by atoms with E-state index in [-0.39, 0.29) is 17.5 Å². The number of Topliss-reactive ketones (excluding diaryl/α,β-unsaturated/α-hetero) is 1. The SMILES string of the molecule is C=C1NC2=C(C(=O)CCC2)C(c2cccc(F)c2)C1C(=O)N1CCCCC1. The van der Waals surface area contributed by atoms with Gasteiger partial charge in [0.25, 0.3) is 0 Å². The Labute approximate surface area is 159 Å². The van der Waals surface area contributed by atoms with E-state index in [0.29, 0.717) is 23.3 Å². The molecule has 0 aromatic heterocycles. The fourth-order valence-corrected chi connectivity index (χ4v) is 4.66. The van der Waals surface area contributed by atoms with Crippen molar-refractivity contribution in [3.05, 3.63) is 59.2 Å². The summed E-state index contributed by atoms with van der Waals surface area (Å²) in [6, 6.07) is 6.30. The van der Waals surface area contributed by atoms with E-state index in [2.05, 4.69) is 11.9 Å². The van der Waals surface area contributed by atoms with Crippen LogP contribution in [0.2, 0.25) is 0 Å². The van der Waals surface area contributed by atoms with E-state index in [1.54, 1.807) is 6.07 Å². The second kappa shape index (κ2) is 7.29. The Morgan fingerprint density at radius 3 is 2.67 bits per heavy atom. The molecule has 1 amide bonds. The van der Waals surface area contributed by atoms with Crippen LogP contribution in [0.3, 0.4) is 0 Å². The van der Waals surface area contributed by atoms with Crippen molar-refractivity contribution >= 4 is 11.7 Å². The zero-order chi connectivity index (χ0) is 19.0. The first kappa shape index (κ1) is 18.0. The number of hydrogen-bond acceptors (Lipinski definition) is 3. The Morgan fingerprint density at radius 2 is 1.93 bits per heavy atom. The highest BCUT2D eigenvalue weighted by molar-refractivity contribution is 6.00. The lowest BCUT2D eigenvalue weighted by atomic mass is 9.71. The average Bonchev–Trinajstić information content (AvgIpc) is 2.67. The Morgan fingerprint density at radius 1 is 1.15 bits per heavy atom. The van der Waals surface area contributed by atoms with Crippen molar-refractivity contribution in [3.8, 4) is 0 Å². The lowest BCUT2D eigenvalue weighted by Crippen LogP contribution is -2.47. The van der Waals surface area contributed by atoms with Crippen molar-refractivity contribution < 1.29 is 14.0 Å². The van der Waals surface area contributed by atoms with Crippen molar-refractivity contribution in [2.75, 3.05) is 13.1 Å². The quantitative estimate of drug-likeness (QED) is 0.867. The van der Waals surface area contributed by atoms with Crippen LogP contribution in [-0.2, 0) is 9.59 Å². The van der Waals surface area contributed by atoms with Crippen LogP contribution in [0.25, 0.3) is 0 Å². The van der Waals surface area contributed by atoms with Crippen LogP contribution in [0.4, 0.5) is 4.39 Å². The summed E-state index contributed by atoms with van der Waals surface area (Å²) in [5.41, 5.74) is 2.80. The van der Waals surface area contributed by atoms with Gasteiger partial charge in [-0.15, -0.1) is 0 Å². The van der Waals surface area contributed by atoms with Crippen molar-refractivity contribution in [1.29, 1.82) is 0 Å². The third kappa shape index (κ3) is 3.31. The van der Waals surface area contributed by atoms with Gasteiger partial charge in [0.05, 0.1) is 5.92 Å².